The van der Waals surface area contributed by atoms with Gasteiger partial charge in [-0.15, -0.1) is 0 Å². The molecule has 0 amide bonds. The molecule has 2 rings (SSSR count). The molecule has 1 fully saturated rings. The van der Waals surface area contributed by atoms with Gasteiger partial charge in [-0.1, -0.05) is 32.8 Å². The normalized spacial score (nSPS) is 22.6. The molecule has 0 bridgehead atoms. The Labute approximate surface area is 111 Å². The van der Waals surface area contributed by atoms with Gasteiger partial charge in [0.15, 0.2) is 0 Å². The first-order valence-corrected chi connectivity index (χ1v) is 6.94. The monoisotopic (exact) mass is 247 g/mol. The molecule has 2 nitrogen and oxygen atoms in total. The molecule has 0 aromatic heterocycles. The topological polar surface area (TPSA) is 21.3 Å². The quantitative estimate of drug-likeness (QED) is 0.855. The average molecular weight is 247 g/mol. The Bertz CT molecular complexity index is 412. The number of ether oxygens (including phenoxy) is 1. The fourth-order valence-electron chi connectivity index (χ4n) is 2.87. The van der Waals surface area contributed by atoms with Gasteiger partial charge in [-0.25, -0.2) is 0 Å². The molecule has 1 aromatic rings. The van der Waals surface area contributed by atoms with Gasteiger partial charge in [0.2, 0.25) is 0 Å². The van der Waals surface area contributed by atoms with Crippen molar-refractivity contribution in [3.8, 4) is 5.75 Å². The lowest BCUT2D eigenvalue weighted by molar-refractivity contribution is 0.216. The SMILES string of the molecule is COc1cc(C)ccc1NC1CCCCC1(C)C. The Morgan fingerprint density at radius 1 is 1.28 bits per heavy atom. The highest BCUT2D eigenvalue weighted by atomic mass is 16.5. The Balaban J connectivity index is 2.17. The third kappa shape index (κ3) is 2.80. The van der Waals surface area contributed by atoms with Crippen LogP contribution in [0.4, 0.5) is 5.69 Å². The number of rotatable bonds is 3. The van der Waals surface area contributed by atoms with E-state index in [9.17, 15) is 0 Å². The summed E-state index contributed by atoms with van der Waals surface area (Å²) in [5, 5.41) is 3.69. The highest BCUT2D eigenvalue weighted by molar-refractivity contribution is 5.58. The standard InChI is InChI=1S/C16H25NO/c1-12-8-9-13(14(11-12)18-4)17-15-7-5-6-10-16(15,2)3/h8-9,11,15,17H,5-7,10H2,1-4H3. The number of nitrogens with one attached hydrogen (secondary N) is 1. The molecule has 2 heteroatoms. The molecule has 0 saturated heterocycles. The van der Waals surface area contributed by atoms with E-state index in [1.807, 2.05) is 0 Å². The third-order valence-corrected chi connectivity index (χ3v) is 4.19. The summed E-state index contributed by atoms with van der Waals surface area (Å²) in [4.78, 5) is 0. The number of benzene rings is 1. The van der Waals surface area contributed by atoms with Crippen LogP contribution in [-0.2, 0) is 0 Å². The number of methoxy groups -OCH3 is 1. The van der Waals surface area contributed by atoms with Crippen LogP contribution < -0.4 is 10.1 Å². The fourth-order valence-corrected chi connectivity index (χ4v) is 2.87. The number of hydrogen-bond acceptors (Lipinski definition) is 2. The van der Waals surface area contributed by atoms with E-state index >= 15 is 0 Å². The molecule has 1 saturated carbocycles. The van der Waals surface area contributed by atoms with Crippen molar-refractivity contribution in [3.05, 3.63) is 23.8 Å². The molecule has 1 unspecified atom stereocenters. The van der Waals surface area contributed by atoms with Crippen molar-refractivity contribution < 1.29 is 4.74 Å². The largest absolute Gasteiger partial charge is 0.495 e. The minimum absolute atomic E-state index is 0.369. The van der Waals surface area contributed by atoms with E-state index in [1.54, 1.807) is 7.11 Å². The number of anilines is 1. The second-order valence-corrected chi connectivity index (χ2v) is 6.14. The summed E-state index contributed by atoms with van der Waals surface area (Å²) in [6.45, 7) is 6.83. The maximum Gasteiger partial charge on any atom is 0.142 e. The van der Waals surface area contributed by atoms with Gasteiger partial charge < -0.3 is 10.1 Å². The molecule has 100 valence electrons. The maximum atomic E-state index is 5.47. The summed E-state index contributed by atoms with van der Waals surface area (Å²) >= 11 is 0. The summed E-state index contributed by atoms with van der Waals surface area (Å²) in [7, 11) is 1.74. The average Bonchev–Trinajstić information content (AvgIpc) is 2.33. The second-order valence-electron chi connectivity index (χ2n) is 6.14. The highest BCUT2D eigenvalue weighted by Crippen LogP contribution is 2.38. The lowest BCUT2D eigenvalue weighted by Gasteiger charge is -2.39. The van der Waals surface area contributed by atoms with Crippen LogP contribution in [0.25, 0.3) is 0 Å². The van der Waals surface area contributed by atoms with Crippen LogP contribution in [0.15, 0.2) is 18.2 Å². The molecular weight excluding hydrogens is 222 g/mol. The van der Waals surface area contributed by atoms with Crippen molar-refractivity contribution >= 4 is 5.69 Å². The molecule has 1 aliphatic rings. The molecule has 1 N–H and O–H groups in total. The van der Waals surface area contributed by atoms with E-state index in [2.05, 4.69) is 44.3 Å². The van der Waals surface area contributed by atoms with Crippen molar-refractivity contribution in [1.29, 1.82) is 0 Å². The lowest BCUT2D eigenvalue weighted by atomic mass is 9.73. The van der Waals surface area contributed by atoms with Gasteiger partial charge in [-0.3, -0.25) is 0 Å². The summed E-state index contributed by atoms with van der Waals surface area (Å²) < 4.78 is 5.47. The summed E-state index contributed by atoms with van der Waals surface area (Å²) in [6.07, 6.45) is 5.24. The summed E-state index contributed by atoms with van der Waals surface area (Å²) in [5.41, 5.74) is 2.73. The van der Waals surface area contributed by atoms with E-state index in [4.69, 9.17) is 4.74 Å². The van der Waals surface area contributed by atoms with Gasteiger partial charge >= 0.3 is 0 Å². The predicted octanol–water partition coefficient (Wildman–Crippen LogP) is 4.38. The third-order valence-electron chi connectivity index (χ3n) is 4.19. The Morgan fingerprint density at radius 2 is 2.06 bits per heavy atom. The minimum Gasteiger partial charge on any atom is -0.495 e. The minimum atomic E-state index is 0.369. The summed E-state index contributed by atoms with van der Waals surface area (Å²) in [6, 6.07) is 6.92. The van der Waals surface area contributed by atoms with Gasteiger partial charge in [0, 0.05) is 6.04 Å². The van der Waals surface area contributed by atoms with Crippen LogP contribution >= 0.6 is 0 Å². The molecule has 0 aliphatic heterocycles. The fraction of sp³-hybridized carbons (Fsp3) is 0.625. The van der Waals surface area contributed by atoms with Crippen LogP contribution in [0.2, 0.25) is 0 Å². The second kappa shape index (κ2) is 5.21. The number of hydrogen-bond donors (Lipinski definition) is 1. The maximum absolute atomic E-state index is 5.47. The lowest BCUT2D eigenvalue weighted by Crippen LogP contribution is -2.38. The molecule has 0 spiro atoms. The van der Waals surface area contributed by atoms with Crippen LogP contribution in [0.5, 0.6) is 5.75 Å². The van der Waals surface area contributed by atoms with E-state index in [0.717, 1.165) is 11.4 Å². The molecule has 1 atom stereocenters. The Kier molecular flexibility index (Phi) is 3.84. The van der Waals surface area contributed by atoms with E-state index in [-0.39, 0.29) is 0 Å². The summed E-state index contributed by atoms with van der Waals surface area (Å²) in [5.74, 6) is 0.955. The van der Waals surface area contributed by atoms with Crippen molar-refractivity contribution in [1.82, 2.24) is 0 Å². The van der Waals surface area contributed by atoms with E-state index in [1.165, 1.54) is 31.2 Å². The van der Waals surface area contributed by atoms with Crippen molar-refractivity contribution in [2.24, 2.45) is 5.41 Å². The Hall–Kier alpha value is -1.18. The predicted molar refractivity (Wildman–Crippen MR) is 77.4 cm³/mol. The first-order valence-electron chi connectivity index (χ1n) is 6.94. The molecule has 1 aromatic carbocycles. The molecular formula is C16H25NO. The van der Waals surface area contributed by atoms with Gasteiger partial charge in [0.05, 0.1) is 12.8 Å². The van der Waals surface area contributed by atoms with Crippen molar-refractivity contribution in [2.75, 3.05) is 12.4 Å². The van der Waals surface area contributed by atoms with Gasteiger partial charge in [-0.05, 0) is 42.9 Å². The number of aryl methyl sites for hydroxylation is 1. The van der Waals surface area contributed by atoms with E-state index in [0.29, 0.717) is 11.5 Å². The van der Waals surface area contributed by atoms with Crippen LogP contribution in [0.3, 0.4) is 0 Å². The van der Waals surface area contributed by atoms with Crippen molar-refractivity contribution in [2.45, 2.75) is 52.5 Å². The molecule has 18 heavy (non-hydrogen) atoms. The molecule has 0 heterocycles. The van der Waals surface area contributed by atoms with E-state index < -0.39 is 0 Å². The van der Waals surface area contributed by atoms with Crippen LogP contribution in [-0.4, -0.2) is 13.2 Å². The highest BCUT2D eigenvalue weighted by Gasteiger charge is 2.32. The van der Waals surface area contributed by atoms with Crippen molar-refractivity contribution in [3.63, 3.8) is 0 Å². The zero-order chi connectivity index (χ0) is 13.2. The van der Waals surface area contributed by atoms with Gasteiger partial charge in [-0.2, -0.15) is 0 Å². The molecule has 0 radical (unpaired) electrons. The first-order chi connectivity index (χ1) is 8.53. The zero-order valence-corrected chi connectivity index (χ0v) is 12.0. The first kappa shape index (κ1) is 13.3. The molecule has 1 aliphatic carbocycles. The Morgan fingerprint density at radius 3 is 2.72 bits per heavy atom. The smallest absolute Gasteiger partial charge is 0.142 e. The van der Waals surface area contributed by atoms with Crippen LogP contribution in [0, 0.1) is 12.3 Å². The zero-order valence-electron chi connectivity index (χ0n) is 12.0. The van der Waals surface area contributed by atoms with Gasteiger partial charge in [0.1, 0.15) is 5.75 Å². The van der Waals surface area contributed by atoms with Gasteiger partial charge in [0.25, 0.3) is 0 Å². The van der Waals surface area contributed by atoms with Crippen LogP contribution in [0.1, 0.15) is 45.1 Å².